The highest BCUT2D eigenvalue weighted by atomic mass is 15.2. The summed E-state index contributed by atoms with van der Waals surface area (Å²) >= 11 is 0. The van der Waals surface area contributed by atoms with Crippen molar-refractivity contribution < 1.29 is 0 Å². The van der Waals surface area contributed by atoms with Crippen LogP contribution in [0.15, 0.2) is 48.5 Å². The Hall–Kier alpha value is -1.88. The quantitative estimate of drug-likeness (QED) is 0.158. The largest absolute Gasteiger partial charge is 0.329 e. The summed E-state index contributed by atoms with van der Waals surface area (Å²) < 4.78 is 0. The molecule has 34 heavy (non-hydrogen) atoms. The first-order valence-electron chi connectivity index (χ1n) is 12.6. The molecule has 0 aliphatic rings. The molecule has 0 radical (unpaired) electrons. The third-order valence-electron chi connectivity index (χ3n) is 5.89. The molecule has 0 atom stereocenters. The van der Waals surface area contributed by atoms with E-state index in [4.69, 9.17) is 22.9 Å². The number of benzene rings is 2. The van der Waals surface area contributed by atoms with E-state index in [2.05, 4.69) is 69.0 Å². The highest BCUT2D eigenvalue weighted by Crippen LogP contribution is 2.24. The average molecular weight is 471 g/mol. The van der Waals surface area contributed by atoms with E-state index >= 15 is 0 Å². The van der Waals surface area contributed by atoms with E-state index in [9.17, 15) is 0 Å². The standard InChI is InChI=1S/C26H46N8/c27-8-14-33(15-9-28)18-12-31-21-23-4-3-6-24(20-23)26-7-2-1-5-25(26)22-32-13-19-34(16-10-29)17-11-30/h1-7,20,31-32H,8-19,21-22,27-30H2. The minimum atomic E-state index is 0.660. The van der Waals surface area contributed by atoms with E-state index in [1.54, 1.807) is 0 Å². The molecule has 0 spiro atoms. The van der Waals surface area contributed by atoms with Gasteiger partial charge < -0.3 is 33.6 Å². The molecule has 190 valence electrons. The van der Waals surface area contributed by atoms with Gasteiger partial charge in [0.2, 0.25) is 0 Å². The van der Waals surface area contributed by atoms with Crippen LogP contribution in [0.2, 0.25) is 0 Å². The normalized spacial score (nSPS) is 11.6. The Kier molecular flexibility index (Phi) is 14.6. The predicted octanol–water partition coefficient (Wildman–Crippen LogP) is -0.0284. The smallest absolute Gasteiger partial charge is 0.0212 e. The van der Waals surface area contributed by atoms with Crippen molar-refractivity contribution in [3.05, 3.63) is 59.7 Å². The Bertz CT molecular complexity index is 773. The lowest BCUT2D eigenvalue weighted by Crippen LogP contribution is -2.38. The van der Waals surface area contributed by atoms with Crippen molar-refractivity contribution in [3.8, 4) is 11.1 Å². The molecule has 0 saturated carbocycles. The van der Waals surface area contributed by atoms with Crippen LogP contribution in [0.4, 0.5) is 0 Å². The molecule has 8 heteroatoms. The van der Waals surface area contributed by atoms with Gasteiger partial charge in [0.1, 0.15) is 0 Å². The summed E-state index contributed by atoms with van der Waals surface area (Å²) in [7, 11) is 0. The van der Waals surface area contributed by atoms with Gasteiger partial charge in [-0.3, -0.25) is 9.80 Å². The molecule has 2 aromatic carbocycles. The van der Waals surface area contributed by atoms with Crippen LogP contribution in [0.3, 0.4) is 0 Å². The maximum atomic E-state index is 5.71. The van der Waals surface area contributed by atoms with Gasteiger partial charge in [-0.1, -0.05) is 42.5 Å². The number of nitrogens with two attached hydrogens (primary N) is 4. The second-order valence-corrected chi connectivity index (χ2v) is 8.55. The lowest BCUT2D eigenvalue weighted by molar-refractivity contribution is 0.287. The summed E-state index contributed by atoms with van der Waals surface area (Å²) in [6.45, 7) is 11.6. The molecule has 0 bridgehead atoms. The summed E-state index contributed by atoms with van der Waals surface area (Å²) in [6, 6.07) is 17.4. The van der Waals surface area contributed by atoms with Crippen molar-refractivity contribution >= 4 is 0 Å². The highest BCUT2D eigenvalue weighted by molar-refractivity contribution is 5.68. The zero-order valence-corrected chi connectivity index (χ0v) is 20.7. The molecule has 0 amide bonds. The first-order valence-corrected chi connectivity index (χ1v) is 12.6. The van der Waals surface area contributed by atoms with Gasteiger partial charge in [-0.2, -0.15) is 0 Å². The van der Waals surface area contributed by atoms with E-state index < -0.39 is 0 Å². The molecule has 0 aliphatic heterocycles. The van der Waals surface area contributed by atoms with Crippen molar-refractivity contribution in [2.45, 2.75) is 13.1 Å². The minimum absolute atomic E-state index is 0.660. The zero-order valence-electron chi connectivity index (χ0n) is 20.7. The van der Waals surface area contributed by atoms with Crippen LogP contribution < -0.4 is 33.6 Å². The topological polar surface area (TPSA) is 135 Å². The summed E-state index contributed by atoms with van der Waals surface area (Å²) in [5, 5.41) is 7.15. The van der Waals surface area contributed by atoms with Gasteiger partial charge in [0.25, 0.3) is 0 Å². The Morgan fingerprint density at radius 2 is 1.15 bits per heavy atom. The van der Waals surface area contributed by atoms with Gasteiger partial charge >= 0.3 is 0 Å². The first kappa shape index (κ1) is 28.4. The summed E-state index contributed by atoms with van der Waals surface area (Å²) in [5.74, 6) is 0. The SMILES string of the molecule is NCCN(CCN)CCNCc1cccc(-c2ccccc2CNCCN(CCN)CCN)c1. The molecule has 10 N–H and O–H groups in total. The highest BCUT2D eigenvalue weighted by Gasteiger charge is 2.07. The Labute approximate surface area is 206 Å². The van der Waals surface area contributed by atoms with Crippen LogP contribution >= 0.6 is 0 Å². The monoisotopic (exact) mass is 470 g/mol. The molecule has 0 aliphatic carbocycles. The van der Waals surface area contributed by atoms with Crippen LogP contribution in [0.5, 0.6) is 0 Å². The number of rotatable bonds is 19. The van der Waals surface area contributed by atoms with Gasteiger partial charge in [-0.25, -0.2) is 0 Å². The first-order chi connectivity index (χ1) is 16.7. The molecule has 0 aromatic heterocycles. The third-order valence-corrected chi connectivity index (χ3v) is 5.89. The fraction of sp³-hybridized carbons (Fsp3) is 0.538. The summed E-state index contributed by atoms with van der Waals surface area (Å²) in [4.78, 5) is 4.61. The minimum Gasteiger partial charge on any atom is -0.329 e. The van der Waals surface area contributed by atoms with E-state index in [1.165, 1.54) is 22.3 Å². The molecule has 2 aromatic rings. The number of hydrogen-bond acceptors (Lipinski definition) is 8. The molecule has 0 unspecified atom stereocenters. The lowest BCUT2D eigenvalue weighted by atomic mass is 9.98. The predicted molar refractivity (Wildman–Crippen MR) is 144 cm³/mol. The Balaban J connectivity index is 1.89. The fourth-order valence-electron chi connectivity index (χ4n) is 4.14. The average Bonchev–Trinajstić information content (AvgIpc) is 2.85. The molecule has 0 heterocycles. The maximum Gasteiger partial charge on any atom is 0.0212 e. The molecule has 0 saturated heterocycles. The fourth-order valence-corrected chi connectivity index (χ4v) is 4.14. The van der Waals surface area contributed by atoms with E-state index in [0.717, 1.165) is 65.4 Å². The third kappa shape index (κ3) is 10.6. The molecular weight excluding hydrogens is 424 g/mol. The van der Waals surface area contributed by atoms with Gasteiger partial charge in [-0.15, -0.1) is 0 Å². The summed E-state index contributed by atoms with van der Waals surface area (Å²) in [5.41, 5.74) is 27.9. The number of nitrogens with one attached hydrogen (secondary N) is 2. The number of nitrogens with zero attached hydrogens (tertiary/aromatic N) is 2. The van der Waals surface area contributed by atoms with Crippen molar-refractivity contribution in [1.29, 1.82) is 0 Å². The molecule has 8 nitrogen and oxygen atoms in total. The Morgan fingerprint density at radius 3 is 1.74 bits per heavy atom. The van der Waals surface area contributed by atoms with Crippen molar-refractivity contribution in [1.82, 2.24) is 20.4 Å². The zero-order chi connectivity index (χ0) is 24.4. The van der Waals surface area contributed by atoms with Crippen molar-refractivity contribution in [2.24, 2.45) is 22.9 Å². The van der Waals surface area contributed by atoms with Gasteiger partial charge in [0.15, 0.2) is 0 Å². The second-order valence-electron chi connectivity index (χ2n) is 8.55. The maximum absolute atomic E-state index is 5.71. The van der Waals surface area contributed by atoms with Crippen LogP contribution in [-0.2, 0) is 13.1 Å². The van der Waals surface area contributed by atoms with Crippen LogP contribution in [-0.4, -0.2) is 88.3 Å². The second kappa shape index (κ2) is 17.5. The van der Waals surface area contributed by atoms with E-state index in [-0.39, 0.29) is 0 Å². The van der Waals surface area contributed by atoms with E-state index in [0.29, 0.717) is 26.2 Å². The molecule has 2 rings (SSSR count). The van der Waals surface area contributed by atoms with Gasteiger partial charge in [0.05, 0.1) is 0 Å². The summed E-state index contributed by atoms with van der Waals surface area (Å²) in [6.07, 6.45) is 0. The van der Waals surface area contributed by atoms with Crippen molar-refractivity contribution in [2.75, 3.05) is 78.5 Å². The molecule has 0 fully saturated rings. The lowest BCUT2D eigenvalue weighted by Gasteiger charge is -2.21. The molecular formula is C26H46N8. The van der Waals surface area contributed by atoms with Gasteiger partial charge in [-0.05, 0) is 28.3 Å². The van der Waals surface area contributed by atoms with E-state index in [1.807, 2.05) is 0 Å². The van der Waals surface area contributed by atoms with Crippen molar-refractivity contribution in [3.63, 3.8) is 0 Å². The van der Waals surface area contributed by atoms with Crippen LogP contribution in [0.25, 0.3) is 11.1 Å². The number of hydrogen-bond donors (Lipinski definition) is 6. The van der Waals surface area contributed by atoms with Crippen LogP contribution in [0, 0.1) is 0 Å². The van der Waals surface area contributed by atoms with Gasteiger partial charge in [0, 0.05) is 91.6 Å². The Morgan fingerprint density at radius 1 is 0.588 bits per heavy atom. The van der Waals surface area contributed by atoms with Crippen LogP contribution in [0.1, 0.15) is 11.1 Å².